The predicted octanol–water partition coefficient (Wildman–Crippen LogP) is 7.28. The van der Waals surface area contributed by atoms with Gasteiger partial charge in [-0.2, -0.15) is 0 Å². The maximum Gasteiger partial charge on any atom is 0.303 e. The third-order valence-electron chi connectivity index (χ3n) is 8.13. The molecule has 2 fully saturated rings. The Morgan fingerprint density at radius 3 is 2.54 bits per heavy atom. The lowest BCUT2D eigenvalue weighted by molar-refractivity contribution is -0.137. The summed E-state index contributed by atoms with van der Waals surface area (Å²) in [6.07, 6.45) is 11.1. The highest BCUT2D eigenvalue weighted by molar-refractivity contribution is 5.68. The van der Waals surface area contributed by atoms with Crippen molar-refractivity contribution in [3.63, 3.8) is 0 Å². The molecule has 1 saturated carbocycles. The molecule has 0 amide bonds. The molecule has 1 aliphatic heterocycles. The highest BCUT2D eigenvalue weighted by Gasteiger charge is 2.34. The summed E-state index contributed by atoms with van der Waals surface area (Å²) in [6, 6.07) is 11.0. The van der Waals surface area contributed by atoms with Crippen molar-refractivity contribution >= 4 is 11.7 Å². The Labute approximate surface area is 223 Å². The van der Waals surface area contributed by atoms with Gasteiger partial charge in [0.1, 0.15) is 0 Å². The van der Waals surface area contributed by atoms with E-state index in [0.717, 1.165) is 57.2 Å². The van der Waals surface area contributed by atoms with E-state index in [1.54, 1.807) is 6.20 Å². The summed E-state index contributed by atoms with van der Waals surface area (Å²) in [5, 5.41) is 9.34. The molecule has 202 valence electrons. The van der Waals surface area contributed by atoms with Crippen molar-refractivity contribution in [1.82, 2.24) is 4.98 Å². The van der Waals surface area contributed by atoms with Crippen LogP contribution in [0.4, 0.5) is 5.69 Å². The minimum atomic E-state index is -0.732. The largest absolute Gasteiger partial charge is 0.481 e. The van der Waals surface area contributed by atoms with E-state index >= 15 is 0 Å². The Kier molecular flexibility index (Phi) is 9.15. The average molecular weight is 507 g/mol. The normalized spacial score (nSPS) is 17.6. The number of carbonyl (C=O) groups is 1. The zero-order chi connectivity index (χ0) is 26.4. The quantitative estimate of drug-likeness (QED) is 0.328. The van der Waals surface area contributed by atoms with Crippen LogP contribution in [0.2, 0.25) is 0 Å². The summed E-state index contributed by atoms with van der Waals surface area (Å²) in [6.45, 7) is 12.0. The van der Waals surface area contributed by atoms with Crippen molar-refractivity contribution < 1.29 is 14.6 Å². The molecule has 4 rings (SSSR count). The van der Waals surface area contributed by atoms with Crippen molar-refractivity contribution in [1.29, 1.82) is 0 Å². The predicted molar refractivity (Wildman–Crippen MR) is 151 cm³/mol. The van der Waals surface area contributed by atoms with E-state index in [1.165, 1.54) is 29.7 Å². The number of rotatable bonds is 12. The topological polar surface area (TPSA) is 62.7 Å². The van der Waals surface area contributed by atoms with Crippen LogP contribution in [0.5, 0.6) is 5.88 Å². The molecule has 1 N–H and O–H groups in total. The number of nitrogens with zero attached hydrogens (tertiary/aromatic N) is 2. The number of hydrogen-bond donors (Lipinski definition) is 1. The fraction of sp³-hybridized carbons (Fsp3) is 0.625. The summed E-state index contributed by atoms with van der Waals surface area (Å²) in [7, 11) is 0. The molecule has 1 unspecified atom stereocenters. The average Bonchev–Trinajstić information content (AvgIpc) is 3.71. The van der Waals surface area contributed by atoms with Gasteiger partial charge >= 0.3 is 5.97 Å². The first-order valence-corrected chi connectivity index (χ1v) is 14.4. The second-order valence-electron chi connectivity index (χ2n) is 12.4. The number of aromatic nitrogens is 1. The summed E-state index contributed by atoms with van der Waals surface area (Å²) in [5.74, 6) is 0.971. The SMILES string of the molecule is CCc1ccc(CCCC(C)(C)C)c(N2CCC(COc3cc(C(CC(=O)O)C4CC4)ccn3)CC2)c1. The van der Waals surface area contributed by atoms with E-state index in [2.05, 4.69) is 55.8 Å². The van der Waals surface area contributed by atoms with Gasteiger partial charge in [-0.1, -0.05) is 39.8 Å². The molecule has 1 aliphatic carbocycles. The van der Waals surface area contributed by atoms with Gasteiger partial charge < -0.3 is 14.7 Å². The van der Waals surface area contributed by atoms with E-state index in [-0.39, 0.29) is 12.3 Å². The molecular formula is C32H46N2O3. The Morgan fingerprint density at radius 1 is 1.14 bits per heavy atom. The Balaban J connectivity index is 1.32. The van der Waals surface area contributed by atoms with Crippen LogP contribution in [0.25, 0.3) is 0 Å². The van der Waals surface area contributed by atoms with E-state index in [0.29, 0.717) is 29.7 Å². The molecule has 1 aromatic carbocycles. The van der Waals surface area contributed by atoms with Crippen molar-refractivity contribution in [2.45, 2.75) is 91.4 Å². The van der Waals surface area contributed by atoms with Crippen molar-refractivity contribution in [3.05, 3.63) is 53.2 Å². The van der Waals surface area contributed by atoms with Crippen molar-refractivity contribution in [2.24, 2.45) is 17.3 Å². The molecule has 2 aliphatic rings. The van der Waals surface area contributed by atoms with Gasteiger partial charge in [0.25, 0.3) is 0 Å². The number of benzene rings is 1. The van der Waals surface area contributed by atoms with Crippen LogP contribution >= 0.6 is 0 Å². The molecule has 5 heteroatoms. The fourth-order valence-electron chi connectivity index (χ4n) is 5.67. The van der Waals surface area contributed by atoms with E-state index in [1.807, 2.05) is 12.1 Å². The first-order chi connectivity index (χ1) is 17.7. The van der Waals surface area contributed by atoms with Crippen LogP contribution in [0.1, 0.15) is 95.2 Å². The number of hydrogen-bond acceptors (Lipinski definition) is 4. The first-order valence-electron chi connectivity index (χ1n) is 14.4. The number of carboxylic acids is 1. The lowest BCUT2D eigenvalue weighted by atomic mass is 9.88. The van der Waals surface area contributed by atoms with Gasteiger partial charge in [0.15, 0.2) is 0 Å². The monoisotopic (exact) mass is 506 g/mol. The summed E-state index contributed by atoms with van der Waals surface area (Å²) >= 11 is 0. The Hall–Kier alpha value is -2.56. The van der Waals surface area contributed by atoms with Crippen LogP contribution in [0.15, 0.2) is 36.5 Å². The highest BCUT2D eigenvalue weighted by Crippen LogP contribution is 2.45. The van der Waals surface area contributed by atoms with Gasteiger partial charge in [-0.3, -0.25) is 4.79 Å². The Bertz CT molecular complexity index is 1030. The number of aliphatic carboxylic acids is 1. The van der Waals surface area contributed by atoms with Gasteiger partial charge in [-0.05, 0) is 103 Å². The standard InChI is InChI=1S/C32H46N2O3/c1-5-23-8-9-26(7-6-15-32(2,3)4)29(19-23)34-17-13-24(14-18-34)22-37-30-20-27(12-16-33-30)28(21-31(35)36)25-10-11-25/h8-9,12,16,19-20,24-25,28H,5-7,10-11,13-15,17-18,21-22H2,1-4H3,(H,35,36). The molecule has 1 saturated heterocycles. The zero-order valence-electron chi connectivity index (χ0n) is 23.3. The van der Waals surface area contributed by atoms with Gasteiger partial charge in [0, 0.05) is 31.0 Å². The maximum absolute atomic E-state index is 11.4. The minimum Gasteiger partial charge on any atom is -0.481 e. The van der Waals surface area contributed by atoms with Crippen LogP contribution in [-0.2, 0) is 17.6 Å². The number of ether oxygens (including phenoxy) is 1. The van der Waals surface area contributed by atoms with Crippen molar-refractivity contribution in [3.8, 4) is 5.88 Å². The summed E-state index contributed by atoms with van der Waals surface area (Å²) < 4.78 is 6.15. The molecule has 0 bridgehead atoms. The number of anilines is 1. The second kappa shape index (κ2) is 12.3. The van der Waals surface area contributed by atoms with Crippen molar-refractivity contribution in [2.75, 3.05) is 24.6 Å². The molecule has 0 radical (unpaired) electrons. The molecule has 2 aromatic rings. The third kappa shape index (κ3) is 8.21. The van der Waals surface area contributed by atoms with Gasteiger partial charge in [-0.15, -0.1) is 0 Å². The van der Waals surface area contributed by atoms with E-state index in [9.17, 15) is 9.90 Å². The van der Waals surface area contributed by atoms with Crippen LogP contribution in [0, 0.1) is 17.3 Å². The van der Waals surface area contributed by atoms with E-state index < -0.39 is 5.97 Å². The number of pyridine rings is 1. The summed E-state index contributed by atoms with van der Waals surface area (Å²) in [4.78, 5) is 18.4. The highest BCUT2D eigenvalue weighted by atomic mass is 16.5. The van der Waals surface area contributed by atoms with Gasteiger partial charge in [-0.25, -0.2) is 4.98 Å². The lowest BCUT2D eigenvalue weighted by Crippen LogP contribution is -2.36. The molecule has 0 spiro atoms. The number of aryl methyl sites for hydroxylation is 2. The van der Waals surface area contributed by atoms with Gasteiger partial charge in [0.05, 0.1) is 13.0 Å². The fourth-order valence-corrected chi connectivity index (χ4v) is 5.67. The third-order valence-corrected chi connectivity index (χ3v) is 8.13. The second-order valence-corrected chi connectivity index (χ2v) is 12.4. The molecule has 1 aromatic heterocycles. The molecule has 1 atom stereocenters. The molecule has 37 heavy (non-hydrogen) atoms. The minimum absolute atomic E-state index is 0.0718. The smallest absolute Gasteiger partial charge is 0.303 e. The maximum atomic E-state index is 11.4. The number of carboxylic acid groups (broad SMARTS) is 1. The van der Waals surface area contributed by atoms with Crippen LogP contribution in [0.3, 0.4) is 0 Å². The lowest BCUT2D eigenvalue weighted by Gasteiger charge is -2.35. The van der Waals surface area contributed by atoms with Crippen LogP contribution < -0.4 is 9.64 Å². The first kappa shape index (κ1) is 27.5. The molecule has 5 nitrogen and oxygen atoms in total. The van der Waals surface area contributed by atoms with Crippen LogP contribution in [-0.4, -0.2) is 35.8 Å². The molecular weight excluding hydrogens is 460 g/mol. The van der Waals surface area contributed by atoms with E-state index in [4.69, 9.17) is 4.74 Å². The van der Waals surface area contributed by atoms with Gasteiger partial charge in [0.2, 0.25) is 5.88 Å². The summed E-state index contributed by atoms with van der Waals surface area (Å²) in [5.41, 5.74) is 5.78. The Morgan fingerprint density at radius 2 is 1.89 bits per heavy atom. The molecule has 2 heterocycles. The number of piperidine rings is 1. The zero-order valence-corrected chi connectivity index (χ0v) is 23.3.